The summed E-state index contributed by atoms with van der Waals surface area (Å²) < 4.78 is 22.9. The summed E-state index contributed by atoms with van der Waals surface area (Å²) in [5.41, 5.74) is 8.02. The second-order valence-corrected chi connectivity index (χ2v) is 7.03. The number of aryl methyl sites for hydroxylation is 2. The maximum atomic E-state index is 11.4. The standard InChI is InChI=1S/C13H15N3O2S2/c1-8-6-9(2)16-12(7-8)19-10-4-3-5-11(13(10)14)20(15,17)18/h3-7H,14H2,1-2H3,(H2,15,17,18). The average molecular weight is 309 g/mol. The number of nitrogens with two attached hydrogens (primary N) is 2. The van der Waals surface area contributed by atoms with Crippen molar-refractivity contribution in [3.63, 3.8) is 0 Å². The molecule has 0 saturated carbocycles. The molecule has 0 atom stereocenters. The number of sulfonamides is 1. The van der Waals surface area contributed by atoms with E-state index < -0.39 is 10.0 Å². The van der Waals surface area contributed by atoms with Crippen molar-refractivity contribution in [3.8, 4) is 0 Å². The van der Waals surface area contributed by atoms with E-state index in [1.54, 1.807) is 12.1 Å². The van der Waals surface area contributed by atoms with Crippen molar-refractivity contribution in [3.05, 3.63) is 41.6 Å². The quantitative estimate of drug-likeness (QED) is 0.846. The molecule has 0 unspecified atom stereocenters. The summed E-state index contributed by atoms with van der Waals surface area (Å²) in [7, 11) is -3.82. The van der Waals surface area contributed by atoms with Gasteiger partial charge < -0.3 is 5.73 Å². The van der Waals surface area contributed by atoms with E-state index in [1.165, 1.54) is 17.8 Å². The number of para-hydroxylation sites is 1. The number of benzene rings is 1. The fraction of sp³-hybridized carbons (Fsp3) is 0.154. The third-order valence-electron chi connectivity index (χ3n) is 2.62. The molecular weight excluding hydrogens is 294 g/mol. The lowest BCUT2D eigenvalue weighted by Gasteiger charge is -2.09. The minimum Gasteiger partial charge on any atom is -0.397 e. The number of anilines is 1. The Balaban J connectivity index is 2.44. The average Bonchev–Trinajstić information content (AvgIpc) is 2.29. The second kappa shape index (κ2) is 5.43. The lowest BCUT2D eigenvalue weighted by molar-refractivity contribution is 0.598. The Bertz CT molecular complexity index is 738. The van der Waals surface area contributed by atoms with Crippen molar-refractivity contribution in [2.24, 2.45) is 5.14 Å². The molecule has 20 heavy (non-hydrogen) atoms. The van der Waals surface area contributed by atoms with Gasteiger partial charge in [0.2, 0.25) is 10.0 Å². The highest BCUT2D eigenvalue weighted by molar-refractivity contribution is 7.99. The molecule has 0 amide bonds. The van der Waals surface area contributed by atoms with Crippen LogP contribution in [0.15, 0.2) is 45.1 Å². The van der Waals surface area contributed by atoms with Gasteiger partial charge in [0.25, 0.3) is 0 Å². The number of hydrogen-bond acceptors (Lipinski definition) is 5. The van der Waals surface area contributed by atoms with Crippen LogP contribution >= 0.6 is 11.8 Å². The number of nitrogen functional groups attached to an aromatic ring is 1. The third kappa shape index (κ3) is 3.30. The van der Waals surface area contributed by atoms with Gasteiger partial charge in [0.15, 0.2) is 0 Å². The Kier molecular flexibility index (Phi) is 4.03. The van der Waals surface area contributed by atoms with Crippen LogP contribution in [0.25, 0.3) is 0 Å². The van der Waals surface area contributed by atoms with E-state index in [2.05, 4.69) is 4.98 Å². The van der Waals surface area contributed by atoms with Gasteiger partial charge in [0.05, 0.1) is 5.69 Å². The van der Waals surface area contributed by atoms with Gasteiger partial charge in [-0.3, -0.25) is 0 Å². The third-order valence-corrected chi connectivity index (χ3v) is 4.58. The largest absolute Gasteiger partial charge is 0.397 e. The predicted octanol–water partition coefficient (Wildman–Crippen LogP) is 2.08. The van der Waals surface area contributed by atoms with Crippen LogP contribution in [0.1, 0.15) is 11.3 Å². The Morgan fingerprint density at radius 1 is 1.20 bits per heavy atom. The fourth-order valence-corrected chi connectivity index (χ4v) is 3.61. The molecule has 5 nitrogen and oxygen atoms in total. The summed E-state index contributed by atoms with van der Waals surface area (Å²) in [4.78, 5) is 4.95. The van der Waals surface area contributed by atoms with Gasteiger partial charge in [-0.15, -0.1) is 0 Å². The number of pyridine rings is 1. The molecule has 2 rings (SSSR count). The zero-order chi connectivity index (χ0) is 14.9. The van der Waals surface area contributed by atoms with Crippen molar-refractivity contribution >= 4 is 27.5 Å². The van der Waals surface area contributed by atoms with E-state index in [0.717, 1.165) is 16.3 Å². The van der Waals surface area contributed by atoms with Crippen LogP contribution in [0.4, 0.5) is 5.69 Å². The van der Waals surface area contributed by atoms with Crippen LogP contribution in [0.3, 0.4) is 0 Å². The second-order valence-electron chi connectivity index (χ2n) is 4.44. The zero-order valence-corrected chi connectivity index (χ0v) is 12.8. The summed E-state index contributed by atoms with van der Waals surface area (Å²) in [6, 6.07) is 8.63. The summed E-state index contributed by atoms with van der Waals surface area (Å²) in [6.45, 7) is 3.88. The van der Waals surface area contributed by atoms with Crippen LogP contribution in [0.5, 0.6) is 0 Å². The van der Waals surface area contributed by atoms with Crippen molar-refractivity contribution in [1.29, 1.82) is 0 Å². The summed E-state index contributed by atoms with van der Waals surface area (Å²) in [5.74, 6) is 0. The van der Waals surface area contributed by atoms with Gasteiger partial charge in [-0.25, -0.2) is 18.5 Å². The first-order valence-corrected chi connectivity index (χ1v) is 8.18. The highest BCUT2D eigenvalue weighted by Gasteiger charge is 2.15. The molecule has 0 aliphatic heterocycles. The number of nitrogens with zero attached hydrogens (tertiary/aromatic N) is 1. The van der Waals surface area contributed by atoms with Crippen LogP contribution in [-0.4, -0.2) is 13.4 Å². The molecule has 0 aliphatic rings. The first kappa shape index (κ1) is 14.8. The topological polar surface area (TPSA) is 99.1 Å². The van der Waals surface area contributed by atoms with Crippen LogP contribution in [0, 0.1) is 13.8 Å². The molecular formula is C13H15N3O2S2. The van der Waals surface area contributed by atoms with Crippen molar-refractivity contribution in [2.45, 2.75) is 28.7 Å². The predicted molar refractivity (Wildman–Crippen MR) is 80.1 cm³/mol. The monoisotopic (exact) mass is 309 g/mol. The van der Waals surface area contributed by atoms with Crippen molar-refractivity contribution < 1.29 is 8.42 Å². The lowest BCUT2D eigenvalue weighted by atomic mass is 10.3. The highest BCUT2D eigenvalue weighted by atomic mass is 32.2. The molecule has 0 bridgehead atoms. The minimum atomic E-state index is -3.82. The highest BCUT2D eigenvalue weighted by Crippen LogP contribution is 2.34. The van der Waals surface area contributed by atoms with Crippen LogP contribution in [0.2, 0.25) is 0 Å². The van der Waals surface area contributed by atoms with Gasteiger partial charge >= 0.3 is 0 Å². The van der Waals surface area contributed by atoms with E-state index in [1.807, 2.05) is 26.0 Å². The summed E-state index contributed by atoms with van der Waals surface area (Å²) in [6.07, 6.45) is 0. The number of rotatable bonds is 3. The van der Waals surface area contributed by atoms with Crippen molar-refractivity contribution in [2.75, 3.05) is 5.73 Å². The molecule has 1 heterocycles. The van der Waals surface area contributed by atoms with E-state index in [0.29, 0.717) is 4.90 Å². The maximum Gasteiger partial charge on any atom is 0.240 e. The zero-order valence-electron chi connectivity index (χ0n) is 11.1. The first-order chi connectivity index (χ1) is 9.27. The first-order valence-electron chi connectivity index (χ1n) is 5.82. The Hall–Kier alpha value is -1.57. The van der Waals surface area contributed by atoms with Crippen LogP contribution in [-0.2, 0) is 10.0 Å². The van der Waals surface area contributed by atoms with Gasteiger partial charge in [-0.1, -0.05) is 17.8 Å². The summed E-state index contributed by atoms with van der Waals surface area (Å²) in [5, 5.41) is 5.90. The maximum absolute atomic E-state index is 11.4. The smallest absolute Gasteiger partial charge is 0.240 e. The Morgan fingerprint density at radius 2 is 1.90 bits per heavy atom. The molecule has 2 aromatic rings. The normalized spacial score (nSPS) is 11.6. The molecule has 1 aromatic carbocycles. The molecule has 1 aromatic heterocycles. The van der Waals surface area contributed by atoms with Crippen molar-refractivity contribution in [1.82, 2.24) is 4.98 Å². The van der Waals surface area contributed by atoms with Crippen LogP contribution < -0.4 is 10.9 Å². The molecule has 7 heteroatoms. The fourth-order valence-electron chi connectivity index (χ4n) is 1.83. The molecule has 0 saturated heterocycles. The Labute approximate surface area is 122 Å². The van der Waals surface area contributed by atoms with Gasteiger partial charge in [0, 0.05) is 10.6 Å². The SMILES string of the molecule is Cc1cc(C)nc(Sc2cccc(S(N)(=O)=O)c2N)c1. The van der Waals surface area contributed by atoms with E-state index in [-0.39, 0.29) is 10.6 Å². The van der Waals surface area contributed by atoms with Gasteiger partial charge in [-0.2, -0.15) is 0 Å². The number of primary sulfonamides is 1. The molecule has 0 radical (unpaired) electrons. The van der Waals surface area contributed by atoms with E-state index in [9.17, 15) is 8.42 Å². The number of hydrogen-bond donors (Lipinski definition) is 2. The van der Waals surface area contributed by atoms with E-state index in [4.69, 9.17) is 10.9 Å². The Morgan fingerprint density at radius 3 is 2.50 bits per heavy atom. The van der Waals surface area contributed by atoms with Gasteiger partial charge in [0.1, 0.15) is 9.92 Å². The number of aromatic nitrogens is 1. The molecule has 106 valence electrons. The molecule has 0 aliphatic carbocycles. The molecule has 4 N–H and O–H groups in total. The molecule has 0 fully saturated rings. The summed E-state index contributed by atoms with van der Waals surface area (Å²) >= 11 is 1.32. The van der Waals surface area contributed by atoms with Gasteiger partial charge in [-0.05, 0) is 43.7 Å². The minimum absolute atomic E-state index is 0.0631. The lowest BCUT2D eigenvalue weighted by Crippen LogP contribution is -2.14. The van der Waals surface area contributed by atoms with E-state index >= 15 is 0 Å². The molecule has 0 spiro atoms.